The summed E-state index contributed by atoms with van der Waals surface area (Å²) in [5, 5.41) is 3.46. The molecule has 1 saturated carbocycles. The molecule has 17 heavy (non-hydrogen) atoms. The molecule has 1 aliphatic carbocycles. The number of hydrogen-bond donors (Lipinski definition) is 1. The van der Waals surface area contributed by atoms with Crippen molar-refractivity contribution in [1.29, 1.82) is 0 Å². The second-order valence-electron chi connectivity index (χ2n) is 4.31. The summed E-state index contributed by atoms with van der Waals surface area (Å²) >= 11 is 3.48. The largest absolute Gasteiger partial charge is 0.486 e. The summed E-state index contributed by atoms with van der Waals surface area (Å²) in [6, 6.07) is 8.58. The van der Waals surface area contributed by atoms with Gasteiger partial charge < -0.3 is 14.8 Å². The highest BCUT2D eigenvalue weighted by Crippen LogP contribution is 2.25. The predicted molar refractivity (Wildman–Crippen MR) is 71.5 cm³/mol. The first-order chi connectivity index (χ1) is 8.29. The highest BCUT2D eigenvalue weighted by Gasteiger charge is 2.22. The summed E-state index contributed by atoms with van der Waals surface area (Å²) in [5.41, 5.74) is 0. The standard InChI is InChI=1S/C13H18BrNO2/c1-16-9-11(8-15-10-6-7-10)17-13-5-3-2-4-12(13)14/h2-5,10-11,15H,6-9H2,1H3. The number of hydrogen-bond acceptors (Lipinski definition) is 3. The maximum atomic E-state index is 5.93. The molecule has 0 aliphatic heterocycles. The Kier molecular flexibility index (Phi) is 4.83. The smallest absolute Gasteiger partial charge is 0.134 e. The Morgan fingerprint density at radius 3 is 2.82 bits per heavy atom. The fourth-order valence-corrected chi connectivity index (χ4v) is 2.00. The molecule has 1 N–H and O–H groups in total. The number of halogens is 1. The molecule has 4 heteroatoms. The van der Waals surface area contributed by atoms with Gasteiger partial charge in [-0.3, -0.25) is 0 Å². The highest BCUT2D eigenvalue weighted by molar-refractivity contribution is 9.10. The van der Waals surface area contributed by atoms with Crippen molar-refractivity contribution in [1.82, 2.24) is 5.32 Å². The van der Waals surface area contributed by atoms with E-state index in [0.717, 1.165) is 16.8 Å². The van der Waals surface area contributed by atoms with Gasteiger partial charge in [0, 0.05) is 19.7 Å². The Morgan fingerprint density at radius 2 is 2.18 bits per heavy atom. The van der Waals surface area contributed by atoms with Crippen molar-refractivity contribution < 1.29 is 9.47 Å². The van der Waals surface area contributed by atoms with Crippen LogP contribution in [0.3, 0.4) is 0 Å². The maximum absolute atomic E-state index is 5.93. The third kappa shape index (κ3) is 4.30. The van der Waals surface area contributed by atoms with Crippen molar-refractivity contribution in [2.75, 3.05) is 20.3 Å². The SMILES string of the molecule is COCC(CNC1CC1)Oc1ccccc1Br. The van der Waals surface area contributed by atoms with Crippen LogP contribution < -0.4 is 10.1 Å². The fraction of sp³-hybridized carbons (Fsp3) is 0.538. The average Bonchev–Trinajstić information content (AvgIpc) is 3.13. The Hall–Kier alpha value is -0.580. The summed E-state index contributed by atoms with van der Waals surface area (Å²) in [6.07, 6.45) is 2.63. The van der Waals surface area contributed by atoms with Crippen molar-refractivity contribution in [3.8, 4) is 5.75 Å². The highest BCUT2D eigenvalue weighted by atomic mass is 79.9. The molecule has 0 saturated heterocycles. The Balaban J connectivity index is 1.88. The zero-order valence-electron chi connectivity index (χ0n) is 9.99. The van der Waals surface area contributed by atoms with Gasteiger partial charge in [-0.05, 0) is 40.9 Å². The number of para-hydroxylation sites is 1. The topological polar surface area (TPSA) is 30.5 Å². The van der Waals surface area contributed by atoms with E-state index in [2.05, 4.69) is 21.2 Å². The number of ether oxygens (including phenoxy) is 2. The summed E-state index contributed by atoms with van der Waals surface area (Å²) in [5.74, 6) is 0.868. The van der Waals surface area contributed by atoms with Gasteiger partial charge in [0.15, 0.2) is 0 Å². The summed E-state index contributed by atoms with van der Waals surface area (Å²) in [6.45, 7) is 1.43. The van der Waals surface area contributed by atoms with E-state index in [1.54, 1.807) is 7.11 Å². The second-order valence-corrected chi connectivity index (χ2v) is 5.16. The third-order valence-corrected chi connectivity index (χ3v) is 3.35. The molecule has 0 aromatic heterocycles. The quantitative estimate of drug-likeness (QED) is 0.839. The molecule has 1 atom stereocenters. The Morgan fingerprint density at radius 1 is 1.41 bits per heavy atom. The van der Waals surface area contributed by atoms with Crippen LogP contribution in [0.1, 0.15) is 12.8 Å². The van der Waals surface area contributed by atoms with Crippen molar-refractivity contribution in [3.63, 3.8) is 0 Å². The van der Waals surface area contributed by atoms with Crippen LogP contribution in [0.15, 0.2) is 28.7 Å². The van der Waals surface area contributed by atoms with Gasteiger partial charge in [0.1, 0.15) is 11.9 Å². The first-order valence-electron chi connectivity index (χ1n) is 5.93. The third-order valence-electron chi connectivity index (χ3n) is 2.69. The lowest BCUT2D eigenvalue weighted by Crippen LogP contribution is -2.36. The Labute approximate surface area is 111 Å². The monoisotopic (exact) mass is 299 g/mol. The van der Waals surface area contributed by atoms with Crippen LogP contribution in [-0.2, 0) is 4.74 Å². The van der Waals surface area contributed by atoms with E-state index < -0.39 is 0 Å². The van der Waals surface area contributed by atoms with E-state index >= 15 is 0 Å². The van der Waals surface area contributed by atoms with Crippen molar-refractivity contribution >= 4 is 15.9 Å². The van der Waals surface area contributed by atoms with Gasteiger partial charge in [0.2, 0.25) is 0 Å². The van der Waals surface area contributed by atoms with Crippen LogP contribution in [-0.4, -0.2) is 32.4 Å². The van der Waals surface area contributed by atoms with E-state index in [1.165, 1.54) is 12.8 Å². The van der Waals surface area contributed by atoms with Gasteiger partial charge in [-0.25, -0.2) is 0 Å². The first-order valence-corrected chi connectivity index (χ1v) is 6.72. The number of methoxy groups -OCH3 is 1. The van der Waals surface area contributed by atoms with Gasteiger partial charge in [-0.15, -0.1) is 0 Å². The summed E-state index contributed by atoms with van der Waals surface area (Å²) in [4.78, 5) is 0. The Bertz CT molecular complexity index is 355. The van der Waals surface area contributed by atoms with E-state index in [-0.39, 0.29) is 6.10 Å². The zero-order chi connectivity index (χ0) is 12.1. The van der Waals surface area contributed by atoms with Crippen molar-refractivity contribution in [3.05, 3.63) is 28.7 Å². The van der Waals surface area contributed by atoms with Gasteiger partial charge in [-0.1, -0.05) is 12.1 Å². The van der Waals surface area contributed by atoms with Gasteiger partial charge in [-0.2, -0.15) is 0 Å². The van der Waals surface area contributed by atoms with E-state index in [4.69, 9.17) is 9.47 Å². The molecule has 0 radical (unpaired) electrons. The van der Waals surface area contributed by atoms with Gasteiger partial charge in [0.05, 0.1) is 11.1 Å². The molecule has 1 unspecified atom stereocenters. The first kappa shape index (κ1) is 12.9. The van der Waals surface area contributed by atoms with Crippen LogP contribution in [0.25, 0.3) is 0 Å². The van der Waals surface area contributed by atoms with E-state index in [0.29, 0.717) is 12.6 Å². The van der Waals surface area contributed by atoms with Crippen LogP contribution in [0, 0.1) is 0 Å². The fourth-order valence-electron chi connectivity index (χ4n) is 1.63. The van der Waals surface area contributed by atoms with Crippen LogP contribution in [0.5, 0.6) is 5.75 Å². The summed E-state index contributed by atoms with van der Waals surface area (Å²) < 4.78 is 12.1. The molecule has 3 nitrogen and oxygen atoms in total. The van der Waals surface area contributed by atoms with Gasteiger partial charge in [0.25, 0.3) is 0 Å². The van der Waals surface area contributed by atoms with Crippen LogP contribution >= 0.6 is 15.9 Å². The zero-order valence-corrected chi connectivity index (χ0v) is 11.6. The molecule has 2 rings (SSSR count). The lowest BCUT2D eigenvalue weighted by Gasteiger charge is -2.19. The van der Waals surface area contributed by atoms with Crippen LogP contribution in [0.4, 0.5) is 0 Å². The second kappa shape index (κ2) is 6.38. The minimum absolute atomic E-state index is 0.0549. The molecular weight excluding hydrogens is 282 g/mol. The molecule has 0 spiro atoms. The molecule has 1 aromatic rings. The summed E-state index contributed by atoms with van der Waals surface area (Å²) in [7, 11) is 1.70. The van der Waals surface area contributed by atoms with E-state index in [1.807, 2.05) is 24.3 Å². The van der Waals surface area contributed by atoms with Crippen molar-refractivity contribution in [2.24, 2.45) is 0 Å². The lowest BCUT2D eigenvalue weighted by atomic mass is 10.3. The normalized spacial score (nSPS) is 16.8. The molecule has 94 valence electrons. The maximum Gasteiger partial charge on any atom is 0.134 e. The lowest BCUT2D eigenvalue weighted by molar-refractivity contribution is 0.0799. The minimum atomic E-state index is 0.0549. The molecule has 0 heterocycles. The molecule has 0 amide bonds. The average molecular weight is 300 g/mol. The molecular formula is C13H18BrNO2. The molecule has 1 aromatic carbocycles. The minimum Gasteiger partial charge on any atom is -0.486 e. The molecule has 1 fully saturated rings. The van der Waals surface area contributed by atoms with E-state index in [9.17, 15) is 0 Å². The predicted octanol–water partition coefficient (Wildman–Crippen LogP) is 2.59. The molecule has 0 bridgehead atoms. The van der Waals surface area contributed by atoms with Crippen molar-refractivity contribution in [2.45, 2.75) is 25.0 Å². The van der Waals surface area contributed by atoms with Crippen LogP contribution in [0.2, 0.25) is 0 Å². The van der Waals surface area contributed by atoms with Gasteiger partial charge >= 0.3 is 0 Å². The number of benzene rings is 1. The number of rotatable bonds is 7. The number of nitrogens with one attached hydrogen (secondary N) is 1. The molecule has 1 aliphatic rings.